The number of hydrogen-bond acceptors (Lipinski definition) is 4. The zero-order valence-electron chi connectivity index (χ0n) is 8.95. The molecular formula is C11H18N4. The first-order valence-electron chi connectivity index (χ1n) is 5.63. The average molecular weight is 206 g/mol. The highest BCUT2D eigenvalue weighted by Gasteiger charge is 2.19. The molecular weight excluding hydrogens is 188 g/mol. The van der Waals surface area contributed by atoms with Gasteiger partial charge in [-0.25, -0.2) is 9.97 Å². The Morgan fingerprint density at radius 3 is 2.73 bits per heavy atom. The third-order valence-electron chi connectivity index (χ3n) is 2.48. The Labute approximate surface area is 90.5 Å². The maximum Gasteiger partial charge on any atom is 0.115 e. The van der Waals surface area contributed by atoms with E-state index in [1.54, 1.807) is 6.33 Å². The molecule has 0 aromatic carbocycles. The Kier molecular flexibility index (Phi) is 4.05. The van der Waals surface area contributed by atoms with Gasteiger partial charge in [-0.2, -0.15) is 0 Å². The lowest BCUT2D eigenvalue weighted by Crippen LogP contribution is -2.23. The van der Waals surface area contributed by atoms with Crippen LogP contribution < -0.4 is 10.6 Å². The fourth-order valence-electron chi connectivity index (χ4n) is 1.46. The van der Waals surface area contributed by atoms with E-state index in [4.69, 9.17) is 0 Å². The van der Waals surface area contributed by atoms with Crippen LogP contribution in [0.3, 0.4) is 0 Å². The smallest absolute Gasteiger partial charge is 0.115 e. The van der Waals surface area contributed by atoms with E-state index in [0.717, 1.165) is 31.2 Å². The molecule has 0 bridgehead atoms. The molecule has 1 heterocycles. The largest absolute Gasteiger partial charge is 0.314 e. The van der Waals surface area contributed by atoms with Crippen LogP contribution in [0.1, 0.15) is 24.8 Å². The highest BCUT2D eigenvalue weighted by molar-refractivity contribution is 5.01. The molecule has 1 saturated carbocycles. The van der Waals surface area contributed by atoms with Crippen LogP contribution in [0.2, 0.25) is 0 Å². The Morgan fingerprint density at radius 1 is 1.20 bits per heavy atom. The van der Waals surface area contributed by atoms with E-state index in [2.05, 4.69) is 20.6 Å². The SMILES string of the molecule is c1ncc(CNCCCNC2CC2)cn1. The summed E-state index contributed by atoms with van der Waals surface area (Å²) in [6.07, 6.45) is 9.18. The van der Waals surface area contributed by atoms with E-state index < -0.39 is 0 Å². The lowest BCUT2D eigenvalue weighted by atomic mass is 10.3. The molecule has 4 nitrogen and oxygen atoms in total. The maximum absolute atomic E-state index is 3.97. The second-order valence-electron chi connectivity index (χ2n) is 4.01. The van der Waals surface area contributed by atoms with E-state index in [0.29, 0.717) is 0 Å². The van der Waals surface area contributed by atoms with Gasteiger partial charge < -0.3 is 10.6 Å². The van der Waals surface area contributed by atoms with Gasteiger partial charge in [0.2, 0.25) is 0 Å². The molecule has 0 radical (unpaired) electrons. The third kappa shape index (κ3) is 4.36. The second kappa shape index (κ2) is 5.78. The van der Waals surface area contributed by atoms with Gasteiger partial charge in [0, 0.05) is 30.5 Å². The van der Waals surface area contributed by atoms with E-state index in [-0.39, 0.29) is 0 Å². The van der Waals surface area contributed by atoms with E-state index in [9.17, 15) is 0 Å². The van der Waals surface area contributed by atoms with Gasteiger partial charge in [-0.1, -0.05) is 0 Å². The zero-order chi connectivity index (χ0) is 10.3. The molecule has 15 heavy (non-hydrogen) atoms. The Balaban J connectivity index is 1.47. The molecule has 0 amide bonds. The van der Waals surface area contributed by atoms with Gasteiger partial charge in [0.1, 0.15) is 6.33 Å². The van der Waals surface area contributed by atoms with Crippen LogP contribution in [0.25, 0.3) is 0 Å². The van der Waals surface area contributed by atoms with Crippen molar-refractivity contribution in [3.8, 4) is 0 Å². The molecule has 0 atom stereocenters. The number of hydrogen-bond donors (Lipinski definition) is 2. The van der Waals surface area contributed by atoms with Crippen LogP contribution in [0.4, 0.5) is 0 Å². The quantitative estimate of drug-likeness (QED) is 0.645. The first kappa shape index (κ1) is 10.5. The van der Waals surface area contributed by atoms with Crippen molar-refractivity contribution in [3.63, 3.8) is 0 Å². The van der Waals surface area contributed by atoms with Gasteiger partial charge in [-0.3, -0.25) is 0 Å². The maximum atomic E-state index is 3.97. The Morgan fingerprint density at radius 2 is 2.00 bits per heavy atom. The van der Waals surface area contributed by atoms with Crippen LogP contribution in [-0.4, -0.2) is 29.1 Å². The Bertz CT molecular complexity index is 271. The molecule has 82 valence electrons. The summed E-state index contributed by atoms with van der Waals surface area (Å²) in [6.45, 7) is 3.04. The van der Waals surface area contributed by atoms with Crippen LogP contribution in [0.15, 0.2) is 18.7 Å². The second-order valence-corrected chi connectivity index (χ2v) is 4.01. The number of rotatable bonds is 7. The molecule has 1 aliphatic rings. The van der Waals surface area contributed by atoms with Crippen molar-refractivity contribution in [1.82, 2.24) is 20.6 Å². The topological polar surface area (TPSA) is 49.8 Å². The molecule has 4 heteroatoms. The summed E-state index contributed by atoms with van der Waals surface area (Å²) in [7, 11) is 0. The van der Waals surface area contributed by atoms with Gasteiger partial charge in [0.05, 0.1) is 0 Å². The predicted octanol–water partition coefficient (Wildman–Crippen LogP) is 0.708. The van der Waals surface area contributed by atoms with Crippen molar-refractivity contribution in [1.29, 1.82) is 0 Å². The molecule has 0 unspecified atom stereocenters. The van der Waals surface area contributed by atoms with Crippen molar-refractivity contribution >= 4 is 0 Å². The summed E-state index contributed by atoms with van der Waals surface area (Å²) in [6, 6.07) is 0.826. The molecule has 1 aliphatic carbocycles. The summed E-state index contributed by atoms with van der Waals surface area (Å²) < 4.78 is 0. The average Bonchev–Trinajstić information content (AvgIpc) is 3.09. The molecule has 0 spiro atoms. The number of nitrogens with one attached hydrogen (secondary N) is 2. The Hall–Kier alpha value is -1.00. The zero-order valence-corrected chi connectivity index (χ0v) is 8.95. The first-order chi connectivity index (χ1) is 7.45. The predicted molar refractivity (Wildman–Crippen MR) is 59.4 cm³/mol. The minimum absolute atomic E-state index is 0.826. The summed E-state index contributed by atoms with van der Waals surface area (Å²) in [4.78, 5) is 7.94. The minimum atomic E-state index is 0.826. The summed E-state index contributed by atoms with van der Waals surface area (Å²) in [5.41, 5.74) is 1.15. The van der Waals surface area contributed by atoms with E-state index in [1.807, 2.05) is 12.4 Å². The minimum Gasteiger partial charge on any atom is -0.314 e. The highest BCUT2D eigenvalue weighted by Crippen LogP contribution is 2.18. The summed E-state index contributed by atoms with van der Waals surface area (Å²) in [5.74, 6) is 0. The molecule has 2 rings (SSSR count). The van der Waals surface area contributed by atoms with Gasteiger partial charge in [0.15, 0.2) is 0 Å². The number of nitrogens with zero attached hydrogens (tertiary/aromatic N) is 2. The van der Waals surface area contributed by atoms with Crippen molar-refractivity contribution in [3.05, 3.63) is 24.3 Å². The molecule has 1 aromatic rings. The van der Waals surface area contributed by atoms with Gasteiger partial charge >= 0.3 is 0 Å². The standard InChI is InChI=1S/C11H18N4/c1(5-15-11-2-3-11)4-12-6-10-7-13-9-14-8-10/h7-9,11-12,15H,1-6H2. The fraction of sp³-hybridized carbons (Fsp3) is 0.636. The molecule has 1 aromatic heterocycles. The lowest BCUT2D eigenvalue weighted by molar-refractivity contribution is 0.592. The fourth-order valence-corrected chi connectivity index (χ4v) is 1.46. The molecule has 0 saturated heterocycles. The van der Waals surface area contributed by atoms with Crippen LogP contribution in [-0.2, 0) is 6.54 Å². The highest BCUT2D eigenvalue weighted by atomic mass is 15.0. The monoisotopic (exact) mass is 206 g/mol. The van der Waals surface area contributed by atoms with E-state index >= 15 is 0 Å². The van der Waals surface area contributed by atoms with Crippen LogP contribution >= 0.6 is 0 Å². The normalized spacial score (nSPS) is 15.5. The van der Waals surface area contributed by atoms with Crippen LogP contribution in [0, 0.1) is 0 Å². The summed E-state index contributed by atoms with van der Waals surface area (Å²) in [5, 5.41) is 6.87. The van der Waals surface area contributed by atoms with Gasteiger partial charge in [-0.15, -0.1) is 0 Å². The van der Waals surface area contributed by atoms with Crippen molar-refractivity contribution in [2.24, 2.45) is 0 Å². The van der Waals surface area contributed by atoms with Crippen molar-refractivity contribution in [2.75, 3.05) is 13.1 Å². The van der Waals surface area contributed by atoms with Crippen LogP contribution in [0.5, 0.6) is 0 Å². The van der Waals surface area contributed by atoms with Crippen molar-refractivity contribution < 1.29 is 0 Å². The van der Waals surface area contributed by atoms with Gasteiger partial charge in [0.25, 0.3) is 0 Å². The van der Waals surface area contributed by atoms with Crippen molar-refractivity contribution in [2.45, 2.75) is 31.8 Å². The summed E-state index contributed by atoms with van der Waals surface area (Å²) >= 11 is 0. The van der Waals surface area contributed by atoms with Gasteiger partial charge in [-0.05, 0) is 32.4 Å². The molecule has 1 fully saturated rings. The van der Waals surface area contributed by atoms with E-state index in [1.165, 1.54) is 19.3 Å². The first-order valence-corrected chi connectivity index (χ1v) is 5.63. The third-order valence-corrected chi connectivity index (χ3v) is 2.48. The lowest BCUT2D eigenvalue weighted by Gasteiger charge is -2.04. The number of aromatic nitrogens is 2. The molecule has 2 N–H and O–H groups in total. The molecule has 0 aliphatic heterocycles.